The van der Waals surface area contributed by atoms with Gasteiger partial charge in [0.05, 0.1) is 23.1 Å². The van der Waals surface area contributed by atoms with Crippen LogP contribution in [-0.4, -0.2) is 20.6 Å². The van der Waals surface area contributed by atoms with E-state index in [1.807, 2.05) is 24.3 Å². The predicted octanol–water partition coefficient (Wildman–Crippen LogP) is 3.33. The summed E-state index contributed by atoms with van der Waals surface area (Å²) in [5.41, 5.74) is 2.16. The van der Waals surface area contributed by atoms with Crippen molar-refractivity contribution in [2.45, 2.75) is 26.3 Å². The number of carboxylic acids is 1. The van der Waals surface area contributed by atoms with Crippen molar-refractivity contribution in [3.8, 4) is 0 Å². The molecule has 0 unspecified atom stereocenters. The number of carboxylic acid groups (broad SMARTS) is 1. The molecule has 3 aromatic rings. The van der Waals surface area contributed by atoms with Gasteiger partial charge < -0.3 is 14.1 Å². The zero-order chi connectivity index (χ0) is 14.8. The molecule has 1 aromatic carbocycles. The molecule has 5 nitrogen and oxygen atoms in total. The van der Waals surface area contributed by atoms with Gasteiger partial charge in [0.2, 0.25) is 0 Å². The van der Waals surface area contributed by atoms with E-state index in [1.165, 1.54) is 6.26 Å². The molecule has 0 aliphatic carbocycles. The Morgan fingerprint density at radius 3 is 2.90 bits per heavy atom. The first-order chi connectivity index (χ1) is 10.2. The van der Waals surface area contributed by atoms with E-state index in [4.69, 9.17) is 9.52 Å². The van der Waals surface area contributed by atoms with Crippen LogP contribution < -0.4 is 0 Å². The van der Waals surface area contributed by atoms with Crippen LogP contribution in [-0.2, 0) is 13.0 Å². The van der Waals surface area contributed by atoms with E-state index in [2.05, 4.69) is 16.5 Å². The predicted molar refractivity (Wildman–Crippen MR) is 78.5 cm³/mol. The van der Waals surface area contributed by atoms with E-state index in [9.17, 15) is 4.79 Å². The standard InChI is InChI=1S/C16H16N2O3/c1-2-5-15-17-13-6-3-4-7-14(13)18(15)9-12-8-11(10-21-12)16(19)20/h3-4,6-8,10H,2,5,9H2,1H3,(H,19,20). The van der Waals surface area contributed by atoms with Crippen LogP contribution >= 0.6 is 0 Å². The number of carbonyl (C=O) groups is 1. The Kier molecular flexibility index (Phi) is 3.48. The van der Waals surface area contributed by atoms with E-state index in [-0.39, 0.29) is 5.56 Å². The zero-order valence-corrected chi connectivity index (χ0v) is 11.7. The fourth-order valence-electron chi connectivity index (χ4n) is 2.45. The Morgan fingerprint density at radius 1 is 1.38 bits per heavy atom. The Balaban J connectivity index is 2.01. The van der Waals surface area contributed by atoms with Crippen LogP contribution in [0.3, 0.4) is 0 Å². The van der Waals surface area contributed by atoms with Gasteiger partial charge in [-0.05, 0) is 24.6 Å². The molecule has 5 heteroatoms. The van der Waals surface area contributed by atoms with E-state index in [0.29, 0.717) is 12.3 Å². The number of nitrogens with zero attached hydrogens (tertiary/aromatic N) is 2. The fraction of sp³-hybridized carbons (Fsp3) is 0.250. The van der Waals surface area contributed by atoms with Crippen LogP contribution in [0.25, 0.3) is 11.0 Å². The van der Waals surface area contributed by atoms with Crippen LogP contribution in [0.15, 0.2) is 41.0 Å². The average molecular weight is 284 g/mol. The molecule has 0 saturated carbocycles. The first-order valence-electron chi connectivity index (χ1n) is 6.94. The number of hydrogen-bond acceptors (Lipinski definition) is 3. The Labute approximate surface area is 121 Å². The van der Waals surface area contributed by atoms with Gasteiger partial charge in [-0.2, -0.15) is 0 Å². The molecule has 0 fully saturated rings. The molecule has 21 heavy (non-hydrogen) atoms. The molecule has 108 valence electrons. The van der Waals surface area contributed by atoms with Crippen LogP contribution in [0.4, 0.5) is 0 Å². The number of benzene rings is 1. The molecule has 0 atom stereocenters. The minimum absolute atomic E-state index is 0.173. The molecular formula is C16H16N2O3. The van der Waals surface area contributed by atoms with Gasteiger partial charge in [-0.25, -0.2) is 9.78 Å². The molecule has 3 rings (SSSR count). The van der Waals surface area contributed by atoms with E-state index in [0.717, 1.165) is 29.7 Å². The summed E-state index contributed by atoms with van der Waals surface area (Å²) in [5.74, 6) is 0.633. The van der Waals surface area contributed by atoms with E-state index >= 15 is 0 Å². The summed E-state index contributed by atoms with van der Waals surface area (Å²) in [6.45, 7) is 2.60. The molecular weight excluding hydrogens is 268 g/mol. The number of aromatic nitrogens is 2. The molecule has 1 N–H and O–H groups in total. The summed E-state index contributed by atoms with van der Waals surface area (Å²) in [6, 6.07) is 9.50. The van der Waals surface area contributed by atoms with Gasteiger partial charge >= 0.3 is 5.97 Å². The van der Waals surface area contributed by atoms with Gasteiger partial charge in [0, 0.05) is 6.42 Å². The average Bonchev–Trinajstić information content (AvgIpc) is 3.06. The lowest BCUT2D eigenvalue weighted by Gasteiger charge is -2.06. The first kappa shape index (κ1) is 13.4. The quantitative estimate of drug-likeness (QED) is 0.780. The monoisotopic (exact) mass is 284 g/mol. The summed E-state index contributed by atoms with van der Waals surface area (Å²) < 4.78 is 7.44. The van der Waals surface area contributed by atoms with Crippen molar-refractivity contribution in [2.75, 3.05) is 0 Å². The number of aromatic carboxylic acids is 1. The number of fused-ring (bicyclic) bond motifs is 1. The van der Waals surface area contributed by atoms with Crippen LogP contribution in [0.5, 0.6) is 0 Å². The molecule has 0 amide bonds. The second kappa shape index (κ2) is 5.44. The van der Waals surface area contributed by atoms with E-state index < -0.39 is 5.97 Å². The third-order valence-electron chi connectivity index (χ3n) is 3.42. The molecule has 0 bridgehead atoms. The van der Waals surface area contributed by atoms with Gasteiger partial charge in [0.25, 0.3) is 0 Å². The highest BCUT2D eigenvalue weighted by Crippen LogP contribution is 2.20. The van der Waals surface area contributed by atoms with Crippen molar-refractivity contribution in [2.24, 2.45) is 0 Å². The topological polar surface area (TPSA) is 68.3 Å². The lowest BCUT2D eigenvalue weighted by Crippen LogP contribution is -2.04. The maximum Gasteiger partial charge on any atom is 0.338 e. The van der Waals surface area contributed by atoms with Crippen LogP contribution in [0, 0.1) is 0 Å². The molecule has 0 spiro atoms. The second-order valence-corrected chi connectivity index (χ2v) is 4.96. The highest BCUT2D eigenvalue weighted by molar-refractivity contribution is 5.87. The Bertz CT molecular complexity index is 786. The van der Waals surface area contributed by atoms with Crippen molar-refractivity contribution in [1.82, 2.24) is 9.55 Å². The smallest absolute Gasteiger partial charge is 0.338 e. The molecule has 0 saturated heterocycles. The highest BCUT2D eigenvalue weighted by atomic mass is 16.4. The van der Waals surface area contributed by atoms with Crippen molar-refractivity contribution >= 4 is 17.0 Å². The Hall–Kier alpha value is -2.56. The molecule has 2 aromatic heterocycles. The van der Waals surface area contributed by atoms with E-state index in [1.54, 1.807) is 6.07 Å². The third-order valence-corrected chi connectivity index (χ3v) is 3.42. The molecule has 0 radical (unpaired) electrons. The largest absolute Gasteiger partial charge is 0.478 e. The molecule has 0 aliphatic heterocycles. The molecule has 0 aliphatic rings. The fourth-order valence-corrected chi connectivity index (χ4v) is 2.45. The highest BCUT2D eigenvalue weighted by Gasteiger charge is 2.13. The van der Waals surface area contributed by atoms with Gasteiger partial charge in [0.1, 0.15) is 17.8 Å². The summed E-state index contributed by atoms with van der Waals surface area (Å²) in [4.78, 5) is 15.6. The summed E-state index contributed by atoms with van der Waals surface area (Å²) in [6.07, 6.45) is 3.15. The number of imidazole rings is 1. The minimum Gasteiger partial charge on any atom is -0.478 e. The zero-order valence-electron chi connectivity index (χ0n) is 11.7. The Morgan fingerprint density at radius 2 is 2.19 bits per heavy atom. The van der Waals surface area contributed by atoms with Crippen LogP contribution in [0.1, 0.15) is 35.3 Å². The maximum atomic E-state index is 10.9. The van der Waals surface area contributed by atoms with Gasteiger partial charge in [-0.1, -0.05) is 19.1 Å². The normalized spacial score (nSPS) is 11.1. The van der Waals surface area contributed by atoms with Crippen molar-refractivity contribution in [1.29, 1.82) is 0 Å². The summed E-state index contributed by atoms with van der Waals surface area (Å²) in [5, 5.41) is 8.96. The minimum atomic E-state index is -0.978. The van der Waals surface area contributed by atoms with Gasteiger partial charge in [-0.15, -0.1) is 0 Å². The molecule has 2 heterocycles. The maximum absolute atomic E-state index is 10.9. The number of furan rings is 1. The lowest BCUT2D eigenvalue weighted by atomic mass is 10.3. The number of para-hydroxylation sites is 2. The summed E-state index contributed by atoms with van der Waals surface area (Å²) >= 11 is 0. The summed E-state index contributed by atoms with van der Waals surface area (Å²) in [7, 11) is 0. The van der Waals surface area contributed by atoms with Crippen LogP contribution in [0.2, 0.25) is 0 Å². The first-order valence-corrected chi connectivity index (χ1v) is 6.94. The van der Waals surface area contributed by atoms with Crippen molar-refractivity contribution in [3.05, 3.63) is 53.7 Å². The van der Waals surface area contributed by atoms with Crippen molar-refractivity contribution in [3.63, 3.8) is 0 Å². The second-order valence-electron chi connectivity index (χ2n) is 4.96. The third kappa shape index (κ3) is 2.54. The number of aryl methyl sites for hydroxylation is 1. The number of hydrogen-bond donors (Lipinski definition) is 1. The van der Waals surface area contributed by atoms with Gasteiger partial charge in [0.15, 0.2) is 0 Å². The SMILES string of the molecule is CCCc1nc2ccccc2n1Cc1cc(C(=O)O)co1. The number of rotatable bonds is 5. The van der Waals surface area contributed by atoms with Crippen molar-refractivity contribution < 1.29 is 14.3 Å². The van der Waals surface area contributed by atoms with Gasteiger partial charge in [-0.3, -0.25) is 0 Å². The lowest BCUT2D eigenvalue weighted by molar-refractivity contribution is 0.0696.